The zero-order valence-electron chi connectivity index (χ0n) is 11.2. The first-order valence-corrected chi connectivity index (χ1v) is 7.10. The van der Waals surface area contributed by atoms with Crippen LogP contribution in [0.2, 0.25) is 0 Å². The van der Waals surface area contributed by atoms with Gasteiger partial charge in [0.15, 0.2) is 0 Å². The van der Waals surface area contributed by atoms with Crippen molar-refractivity contribution in [2.45, 2.75) is 12.8 Å². The molecule has 2 heterocycles. The molecule has 0 amide bonds. The Morgan fingerprint density at radius 2 is 2.11 bits per heavy atom. The minimum Gasteiger partial charge on any atom is -0.385 e. The predicted octanol–water partition coefficient (Wildman–Crippen LogP) is 2.89. The fourth-order valence-corrected chi connectivity index (χ4v) is 2.64. The van der Waals surface area contributed by atoms with E-state index in [2.05, 4.69) is 51.9 Å². The number of nitrogens with zero attached hydrogens (tertiary/aromatic N) is 1. The molecule has 3 nitrogen and oxygen atoms in total. The van der Waals surface area contributed by atoms with E-state index >= 15 is 0 Å². The van der Waals surface area contributed by atoms with Crippen molar-refractivity contribution < 1.29 is 0 Å². The molecule has 1 unspecified atom stereocenters. The number of piperidine rings is 1. The number of hydrogen-bond acceptors (Lipinski definition) is 2. The highest BCUT2D eigenvalue weighted by Gasteiger charge is 2.12. The summed E-state index contributed by atoms with van der Waals surface area (Å²) in [5.74, 6) is 0.754. The van der Waals surface area contributed by atoms with Crippen LogP contribution in [0.3, 0.4) is 0 Å². The van der Waals surface area contributed by atoms with Crippen LogP contribution in [0, 0.1) is 5.92 Å². The number of hydrogen-bond donors (Lipinski definition) is 2. The number of nitrogens with one attached hydrogen (secondary N) is 2. The quantitative estimate of drug-likeness (QED) is 0.879. The normalized spacial score (nSPS) is 19.3. The van der Waals surface area contributed by atoms with Gasteiger partial charge in [0.05, 0.1) is 0 Å². The van der Waals surface area contributed by atoms with Gasteiger partial charge in [-0.1, -0.05) is 6.07 Å². The molecule has 1 aliphatic heterocycles. The summed E-state index contributed by atoms with van der Waals surface area (Å²) in [7, 11) is 0. The summed E-state index contributed by atoms with van der Waals surface area (Å²) in [6.45, 7) is 3.38. The van der Waals surface area contributed by atoms with E-state index < -0.39 is 0 Å². The molecule has 1 aliphatic rings. The van der Waals surface area contributed by atoms with Gasteiger partial charge < -0.3 is 15.2 Å². The van der Waals surface area contributed by atoms with E-state index in [1.165, 1.54) is 30.8 Å². The van der Waals surface area contributed by atoms with E-state index in [-0.39, 0.29) is 0 Å². The van der Waals surface area contributed by atoms with Crippen molar-refractivity contribution in [2.24, 2.45) is 5.92 Å². The van der Waals surface area contributed by atoms with Crippen LogP contribution in [-0.4, -0.2) is 24.2 Å². The molecule has 1 fully saturated rings. The van der Waals surface area contributed by atoms with Crippen LogP contribution < -0.4 is 10.6 Å². The second kappa shape index (κ2) is 5.93. The first-order valence-electron chi connectivity index (χ1n) is 7.10. The van der Waals surface area contributed by atoms with Crippen LogP contribution in [0.1, 0.15) is 12.8 Å². The van der Waals surface area contributed by atoms with Gasteiger partial charge in [0.1, 0.15) is 0 Å². The minimum atomic E-state index is 0.754. The molecule has 0 bridgehead atoms. The van der Waals surface area contributed by atoms with Crippen molar-refractivity contribution in [3.63, 3.8) is 0 Å². The van der Waals surface area contributed by atoms with E-state index in [0.717, 1.165) is 19.0 Å². The smallest absolute Gasteiger partial charge is 0.0469 e. The minimum absolute atomic E-state index is 0.754. The van der Waals surface area contributed by atoms with Gasteiger partial charge in [0, 0.05) is 30.3 Å². The van der Waals surface area contributed by atoms with Gasteiger partial charge in [0.2, 0.25) is 0 Å². The molecule has 100 valence electrons. The Bertz CT molecular complexity index is 498. The summed E-state index contributed by atoms with van der Waals surface area (Å²) in [6, 6.07) is 12.7. The maximum atomic E-state index is 3.56. The lowest BCUT2D eigenvalue weighted by molar-refractivity contribution is 0.393. The lowest BCUT2D eigenvalue weighted by Crippen LogP contribution is -2.33. The number of benzene rings is 1. The second-order valence-electron chi connectivity index (χ2n) is 5.23. The van der Waals surface area contributed by atoms with E-state index in [0.29, 0.717) is 0 Å². The molecule has 2 N–H and O–H groups in total. The van der Waals surface area contributed by atoms with E-state index in [1.807, 2.05) is 12.1 Å². The van der Waals surface area contributed by atoms with Gasteiger partial charge in [-0.05, 0) is 62.2 Å². The van der Waals surface area contributed by atoms with E-state index in [9.17, 15) is 0 Å². The number of rotatable bonds is 4. The fraction of sp³-hybridized carbons (Fsp3) is 0.375. The topological polar surface area (TPSA) is 29.0 Å². The maximum absolute atomic E-state index is 3.56. The molecule has 1 saturated heterocycles. The standard InChI is InChI=1S/C16H21N3/c1-2-10-19(9-1)16-7-3-6-15(11-16)18-13-14-5-4-8-17-12-14/h1-3,6-7,9-11,14,17-18H,4-5,8,12-13H2. The highest BCUT2D eigenvalue weighted by atomic mass is 15.0. The summed E-state index contributed by atoms with van der Waals surface area (Å²) >= 11 is 0. The maximum Gasteiger partial charge on any atom is 0.0469 e. The van der Waals surface area contributed by atoms with E-state index in [4.69, 9.17) is 0 Å². The molecule has 0 aliphatic carbocycles. The van der Waals surface area contributed by atoms with Crippen LogP contribution in [-0.2, 0) is 0 Å². The Kier molecular flexibility index (Phi) is 3.84. The predicted molar refractivity (Wildman–Crippen MR) is 79.9 cm³/mol. The number of aromatic nitrogens is 1. The van der Waals surface area contributed by atoms with Crippen LogP contribution >= 0.6 is 0 Å². The van der Waals surface area contributed by atoms with Gasteiger partial charge in [-0.2, -0.15) is 0 Å². The Morgan fingerprint density at radius 3 is 2.89 bits per heavy atom. The summed E-state index contributed by atoms with van der Waals surface area (Å²) in [4.78, 5) is 0. The molecule has 3 heteroatoms. The average molecular weight is 255 g/mol. The van der Waals surface area contributed by atoms with Crippen LogP contribution in [0.4, 0.5) is 5.69 Å². The SMILES string of the molecule is c1cc(NCC2CCCNC2)cc(-n2cccc2)c1. The average Bonchev–Trinajstić information content (AvgIpc) is 3.01. The van der Waals surface area contributed by atoms with Gasteiger partial charge in [-0.3, -0.25) is 0 Å². The molecule has 3 rings (SSSR count). The van der Waals surface area contributed by atoms with Gasteiger partial charge in [-0.25, -0.2) is 0 Å². The monoisotopic (exact) mass is 255 g/mol. The Balaban J connectivity index is 1.63. The van der Waals surface area contributed by atoms with Crippen molar-refractivity contribution in [3.8, 4) is 5.69 Å². The Morgan fingerprint density at radius 1 is 1.21 bits per heavy atom. The zero-order chi connectivity index (χ0) is 12.9. The lowest BCUT2D eigenvalue weighted by Gasteiger charge is -2.23. The summed E-state index contributed by atoms with van der Waals surface area (Å²) in [6.07, 6.45) is 6.78. The largest absolute Gasteiger partial charge is 0.385 e. The third-order valence-corrected chi connectivity index (χ3v) is 3.74. The molecule has 0 radical (unpaired) electrons. The van der Waals surface area contributed by atoms with Crippen molar-refractivity contribution in [1.82, 2.24) is 9.88 Å². The van der Waals surface area contributed by atoms with Crippen molar-refractivity contribution >= 4 is 5.69 Å². The van der Waals surface area contributed by atoms with Crippen LogP contribution in [0.25, 0.3) is 5.69 Å². The molecule has 1 atom stereocenters. The first kappa shape index (κ1) is 12.3. The highest BCUT2D eigenvalue weighted by Crippen LogP contribution is 2.16. The Labute approximate surface area is 114 Å². The molecule has 2 aromatic rings. The lowest BCUT2D eigenvalue weighted by atomic mass is 10.00. The summed E-state index contributed by atoms with van der Waals surface area (Å²) in [5, 5.41) is 7.02. The van der Waals surface area contributed by atoms with Crippen molar-refractivity contribution in [3.05, 3.63) is 48.8 Å². The third kappa shape index (κ3) is 3.18. The van der Waals surface area contributed by atoms with Crippen LogP contribution in [0.15, 0.2) is 48.8 Å². The second-order valence-corrected chi connectivity index (χ2v) is 5.23. The molecular weight excluding hydrogens is 234 g/mol. The van der Waals surface area contributed by atoms with E-state index in [1.54, 1.807) is 0 Å². The molecule has 19 heavy (non-hydrogen) atoms. The van der Waals surface area contributed by atoms with Crippen LogP contribution in [0.5, 0.6) is 0 Å². The molecule has 0 spiro atoms. The number of anilines is 1. The van der Waals surface area contributed by atoms with Gasteiger partial charge >= 0.3 is 0 Å². The fourth-order valence-electron chi connectivity index (χ4n) is 2.64. The molecule has 1 aromatic carbocycles. The zero-order valence-corrected chi connectivity index (χ0v) is 11.2. The molecule has 1 aromatic heterocycles. The Hall–Kier alpha value is -1.74. The van der Waals surface area contributed by atoms with Crippen molar-refractivity contribution in [2.75, 3.05) is 25.0 Å². The molecular formula is C16H21N3. The van der Waals surface area contributed by atoms with Gasteiger partial charge in [0.25, 0.3) is 0 Å². The van der Waals surface area contributed by atoms with Gasteiger partial charge in [-0.15, -0.1) is 0 Å². The summed E-state index contributed by atoms with van der Waals surface area (Å²) in [5.41, 5.74) is 2.41. The third-order valence-electron chi connectivity index (χ3n) is 3.74. The summed E-state index contributed by atoms with van der Waals surface area (Å²) < 4.78 is 2.13. The first-order chi connectivity index (χ1) is 9.42. The highest BCUT2D eigenvalue weighted by molar-refractivity contribution is 5.51. The molecule has 0 saturated carbocycles. The van der Waals surface area contributed by atoms with Crippen molar-refractivity contribution in [1.29, 1.82) is 0 Å².